The van der Waals surface area contributed by atoms with E-state index in [1.165, 1.54) is 23.9 Å². The molecule has 8 heteroatoms. The molecule has 1 heterocycles. The van der Waals surface area contributed by atoms with E-state index in [0.29, 0.717) is 28.2 Å². The minimum Gasteiger partial charge on any atom is -0.325 e. The number of allylic oxidation sites excluding steroid dienone is 1. The summed E-state index contributed by atoms with van der Waals surface area (Å²) in [5.74, 6) is 0.00467. The first kappa shape index (κ1) is 20.1. The number of carbonyl (C=O) groups is 1. The first-order chi connectivity index (χ1) is 13.5. The van der Waals surface area contributed by atoms with Gasteiger partial charge in [-0.25, -0.2) is 4.39 Å². The highest BCUT2D eigenvalue weighted by atomic mass is 35.5. The number of thioether (sulfide) groups is 1. The Morgan fingerprint density at radius 2 is 2.07 bits per heavy atom. The Hall–Kier alpha value is -2.64. The van der Waals surface area contributed by atoms with E-state index in [1.807, 2.05) is 16.7 Å². The van der Waals surface area contributed by atoms with Crippen LogP contribution in [0.4, 0.5) is 10.1 Å². The molecule has 1 aromatic heterocycles. The molecule has 1 N–H and O–H groups in total. The predicted octanol–water partition coefficient (Wildman–Crippen LogP) is 5.04. The van der Waals surface area contributed by atoms with Crippen LogP contribution < -0.4 is 5.32 Å². The van der Waals surface area contributed by atoms with Crippen LogP contribution >= 0.6 is 23.4 Å². The van der Waals surface area contributed by atoms with Crippen LogP contribution in [0.2, 0.25) is 5.02 Å². The van der Waals surface area contributed by atoms with Crippen LogP contribution in [-0.4, -0.2) is 25.9 Å². The SMILES string of the molecule is C=CCn1c(S[C@H](C)C(=O)Nc2cccc(F)c2)nnc1-c1ccc(Cl)cc1. The molecule has 28 heavy (non-hydrogen) atoms. The number of halogens is 2. The second-order valence-electron chi connectivity index (χ2n) is 5.97. The molecule has 5 nitrogen and oxygen atoms in total. The van der Waals surface area contributed by atoms with Gasteiger partial charge in [0.25, 0.3) is 0 Å². The summed E-state index contributed by atoms with van der Waals surface area (Å²) in [7, 11) is 0. The fourth-order valence-electron chi connectivity index (χ4n) is 2.50. The van der Waals surface area contributed by atoms with Crippen LogP contribution in [-0.2, 0) is 11.3 Å². The summed E-state index contributed by atoms with van der Waals surface area (Å²) < 4.78 is 15.2. The number of anilines is 1. The van der Waals surface area contributed by atoms with Gasteiger partial charge in [-0.15, -0.1) is 16.8 Å². The van der Waals surface area contributed by atoms with Gasteiger partial charge in [0, 0.05) is 22.8 Å². The molecule has 2 aromatic carbocycles. The third-order valence-corrected chi connectivity index (χ3v) is 5.21. The van der Waals surface area contributed by atoms with E-state index in [-0.39, 0.29) is 5.91 Å². The van der Waals surface area contributed by atoms with Gasteiger partial charge in [-0.1, -0.05) is 35.5 Å². The minimum absolute atomic E-state index is 0.253. The topological polar surface area (TPSA) is 59.8 Å². The van der Waals surface area contributed by atoms with E-state index in [9.17, 15) is 9.18 Å². The van der Waals surface area contributed by atoms with Crippen LogP contribution in [0.1, 0.15) is 6.92 Å². The average Bonchev–Trinajstić information content (AvgIpc) is 3.05. The average molecular weight is 417 g/mol. The molecule has 0 aliphatic heterocycles. The first-order valence-electron chi connectivity index (χ1n) is 8.51. The van der Waals surface area contributed by atoms with Crippen LogP contribution in [0.25, 0.3) is 11.4 Å². The van der Waals surface area contributed by atoms with E-state index in [0.717, 1.165) is 5.56 Å². The third-order valence-electron chi connectivity index (χ3n) is 3.87. The lowest BCUT2D eigenvalue weighted by Crippen LogP contribution is -2.23. The molecule has 0 radical (unpaired) electrons. The molecule has 0 bridgehead atoms. The van der Waals surface area contributed by atoms with Gasteiger partial charge in [0.15, 0.2) is 11.0 Å². The Labute approximate surface area is 171 Å². The Bertz CT molecular complexity index is 990. The van der Waals surface area contributed by atoms with Crippen molar-refractivity contribution in [1.82, 2.24) is 14.8 Å². The fraction of sp³-hybridized carbons (Fsp3) is 0.150. The molecular formula is C20H18ClFN4OS. The quantitative estimate of drug-likeness (QED) is 0.433. The number of carbonyl (C=O) groups excluding carboxylic acids is 1. The van der Waals surface area contributed by atoms with Gasteiger partial charge in [0.2, 0.25) is 5.91 Å². The molecular weight excluding hydrogens is 399 g/mol. The number of nitrogens with one attached hydrogen (secondary N) is 1. The number of rotatable bonds is 7. The van der Waals surface area contributed by atoms with Crippen LogP contribution in [0, 0.1) is 5.82 Å². The zero-order valence-electron chi connectivity index (χ0n) is 15.1. The molecule has 144 valence electrons. The first-order valence-corrected chi connectivity index (χ1v) is 9.77. The summed E-state index contributed by atoms with van der Waals surface area (Å²) >= 11 is 7.22. The third kappa shape index (κ3) is 4.79. The van der Waals surface area contributed by atoms with Gasteiger partial charge in [0.1, 0.15) is 5.82 Å². The lowest BCUT2D eigenvalue weighted by atomic mass is 10.2. The van der Waals surface area contributed by atoms with Gasteiger partial charge < -0.3 is 5.32 Å². The van der Waals surface area contributed by atoms with Crippen molar-refractivity contribution < 1.29 is 9.18 Å². The lowest BCUT2D eigenvalue weighted by molar-refractivity contribution is -0.115. The normalized spacial score (nSPS) is 11.8. The maximum Gasteiger partial charge on any atom is 0.237 e. The molecule has 0 saturated heterocycles. The summed E-state index contributed by atoms with van der Waals surface area (Å²) in [6, 6.07) is 13.1. The predicted molar refractivity (Wildman–Crippen MR) is 111 cm³/mol. The largest absolute Gasteiger partial charge is 0.325 e. The van der Waals surface area contributed by atoms with Crippen molar-refractivity contribution in [2.75, 3.05) is 5.32 Å². The number of hydrogen-bond acceptors (Lipinski definition) is 4. The highest BCUT2D eigenvalue weighted by Crippen LogP contribution is 2.28. The van der Waals surface area contributed by atoms with Crippen molar-refractivity contribution >= 4 is 35.0 Å². The highest BCUT2D eigenvalue weighted by molar-refractivity contribution is 8.00. The molecule has 0 unspecified atom stereocenters. The summed E-state index contributed by atoms with van der Waals surface area (Å²) in [5, 5.41) is 12.0. The van der Waals surface area contributed by atoms with Crippen molar-refractivity contribution in [2.24, 2.45) is 0 Å². The van der Waals surface area contributed by atoms with Crippen LogP contribution in [0.5, 0.6) is 0 Å². The van der Waals surface area contributed by atoms with Crippen LogP contribution in [0.15, 0.2) is 66.3 Å². The highest BCUT2D eigenvalue weighted by Gasteiger charge is 2.20. The van der Waals surface area contributed by atoms with Gasteiger partial charge in [-0.2, -0.15) is 0 Å². The van der Waals surface area contributed by atoms with E-state index < -0.39 is 11.1 Å². The minimum atomic E-state index is -0.464. The standard InChI is InChI=1S/C20H18ClFN4OS/c1-3-11-26-18(14-7-9-15(21)10-8-14)24-25-20(26)28-13(2)19(27)23-17-6-4-5-16(22)12-17/h3-10,12-13H,1,11H2,2H3,(H,23,27)/t13-/m1/s1. The summed E-state index contributed by atoms with van der Waals surface area (Å²) in [5.41, 5.74) is 1.27. The van der Waals surface area contributed by atoms with Crippen molar-refractivity contribution in [3.8, 4) is 11.4 Å². The number of nitrogens with zero attached hydrogens (tertiary/aromatic N) is 3. The second-order valence-corrected chi connectivity index (χ2v) is 7.72. The van der Waals surface area contributed by atoms with Crippen molar-refractivity contribution in [3.05, 3.63) is 72.0 Å². The smallest absolute Gasteiger partial charge is 0.237 e. The molecule has 1 atom stereocenters. The number of amides is 1. The van der Waals surface area contributed by atoms with Gasteiger partial charge >= 0.3 is 0 Å². The summed E-state index contributed by atoms with van der Waals surface area (Å²) in [6.07, 6.45) is 1.74. The molecule has 0 aliphatic rings. The maximum absolute atomic E-state index is 13.3. The number of hydrogen-bond donors (Lipinski definition) is 1. The maximum atomic E-state index is 13.3. The van der Waals surface area contributed by atoms with Crippen LogP contribution in [0.3, 0.4) is 0 Å². The van der Waals surface area contributed by atoms with Crippen molar-refractivity contribution in [3.63, 3.8) is 0 Å². The number of aromatic nitrogens is 3. The fourth-order valence-corrected chi connectivity index (χ4v) is 3.49. The number of benzene rings is 2. The van der Waals surface area contributed by atoms with Crippen molar-refractivity contribution in [1.29, 1.82) is 0 Å². The summed E-state index contributed by atoms with van der Waals surface area (Å²) in [4.78, 5) is 12.5. The van der Waals surface area contributed by atoms with E-state index in [2.05, 4.69) is 22.1 Å². The molecule has 1 amide bonds. The Balaban J connectivity index is 1.78. The second kappa shape index (κ2) is 9.03. The Morgan fingerprint density at radius 1 is 1.32 bits per heavy atom. The zero-order valence-corrected chi connectivity index (χ0v) is 16.7. The Morgan fingerprint density at radius 3 is 2.75 bits per heavy atom. The lowest BCUT2D eigenvalue weighted by Gasteiger charge is -2.13. The molecule has 0 fully saturated rings. The molecule has 0 spiro atoms. The molecule has 0 aliphatic carbocycles. The Kier molecular flexibility index (Phi) is 6.49. The monoisotopic (exact) mass is 416 g/mol. The summed E-state index contributed by atoms with van der Waals surface area (Å²) in [6.45, 7) is 6.03. The van der Waals surface area contributed by atoms with Gasteiger partial charge in [0.05, 0.1) is 5.25 Å². The van der Waals surface area contributed by atoms with Crippen molar-refractivity contribution in [2.45, 2.75) is 23.9 Å². The molecule has 3 aromatic rings. The molecule has 3 rings (SSSR count). The van der Waals surface area contributed by atoms with Gasteiger partial charge in [-0.3, -0.25) is 9.36 Å². The van der Waals surface area contributed by atoms with Gasteiger partial charge in [-0.05, 0) is 49.4 Å². The molecule has 0 saturated carbocycles. The zero-order chi connectivity index (χ0) is 20.1. The van der Waals surface area contributed by atoms with E-state index in [4.69, 9.17) is 11.6 Å². The van der Waals surface area contributed by atoms with E-state index >= 15 is 0 Å². The van der Waals surface area contributed by atoms with E-state index in [1.54, 1.807) is 37.3 Å².